The Balaban J connectivity index is 1.34. The minimum absolute atomic E-state index is 0.220. The molecule has 0 aliphatic rings. The quantitative estimate of drug-likeness (QED) is 0.248. The zero-order valence-electron chi connectivity index (χ0n) is 20.8. The monoisotopic (exact) mass is 517 g/mol. The van der Waals surface area contributed by atoms with E-state index in [0.717, 1.165) is 10.9 Å². The second kappa shape index (κ2) is 11.2. The third-order valence-corrected chi connectivity index (χ3v) is 5.98. The molecule has 0 atom stereocenters. The Morgan fingerprint density at radius 1 is 0.821 bits per heavy atom. The van der Waals surface area contributed by atoms with E-state index in [4.69, 9.17) is 4.74 Å². The van der Waals surface area contributed by atoms with Gasteiger partial charge in [0.05, 0.1) is 29.6 Å². The standard InChI is InChI=1S/C30H23N5O4/c1-39-30(38)21-9-7-20(8-10-21)28(36)32-23-12-14-27-24(17-23)26(34-35-27)13-11-22-18-31-16-15-25(22)33-29(37)19-5-3-2-4-6-19/h2-18H,1H3,(H,32,36)(H,34,35)(H,31,33,37)/b13-11+. The van der Waals surface area contributed by atoms with Gasteiger partial charge < -0.3 is 15.4 Å². The molecule has 0 spiro atoms. The number of anilines is 2. The van der Waals surface area contributed by atoms with Crippen LogP contribution in [0, 0.1) is 0 Å². The summed E-state index contributed by atoms with van der Waals surface area (Å²) in [5, 5.41) is 14.0. The predicted octanol–water partition coefficient (Wildman–Crippen LogP) is 5.42. The third-order valence-electron chi connectivity index (χ3n) is 5.98. The molecule has 0 saturated heterocycles. The number of aromatic nitrogens is 3. The van der Waals surface area contributed by atoms with E-state index in [9.17, 15) is 14.4 Å². The number of nitrogens with zero attached hydrogens (tertiary/aromatic N) is 2. The van der Waals surface area contributed by atoms with Crippen LogP contribution in [0.25, 0.3) is 23.1 Å². The van der Waals surface area contributed by atoms with Crippen molar-refractivity contribution >= 4 is 52.2 Å². The molecular formula is C30H23N5O4. The number of hydrogen-bond donors (Lipinski definition) is 3. The van der Waals surface area contributed by atoms with Crippen LogP contribution in [0.1, 0.15) is 42.3 Å². The number of pyridine rings is 1. The molecular weight excluding hydrogens is 494 g/mol. The third kappa shape index (κ3) is 5.72. The van der Waals surface area contributed by atoms with Gasteiger partial charge in [0.1, 0.15) is 0 Å². The predicted molar refractivity (Wildman–Crippen MR) is 149 cm³/mol. The lowest BCUT2D eigenvalue weighted by atomic mass is 10.1. The summed E-state index contributed by atoms with van der Waals surface area (Å²) in [6.07, 6.45) is 6.89. The largest absolute Gasteiger partial charge is 0.465 e. The van der Waals surface area contributed by atoms with Gasteiger partial charge in [0.15, 0.2) is 0 Å². The molecule has 0 unspecified atom stereocenters. The molecule has 2 amide bonds. The number of methoxy groups -OCH3 is 1. The number of aromatic amines is 1. The van der Waals surface area contributed by atoms with Crippen LogP contribution in [-0.2, 0) is 4.74 Å². The van der Waals surface area contributed by atoms with Gasteiger partial charge in [-0.25, -0.2) is 4.79 Å². The Bertz CT molecular complexity index is 1690. The number of hydrogen-bond acceptors (Lipinski definition) is 6. The van der Waals surface area contributed by atoms with Gasteiger partial charge in [-0.3, -0.25) is 19.7 Å². The summed E-state index contributed by atoms with van der Waals surface area (Å²) in [5.74, 6) is -1.01. The first kappa shape index (κ1) is 25.1. The van der Waals surface area contributed by atoms with Crippen LogP contribution in [-0.4, -0.2) is 40.1 Å². The molecule has 9 heteroatoms. The molecule has 2 aromatic heterocycles. The van der Waals surface area contributed by atoms with Crippen LogP contribution in [0.3, 0.4) is 0 Å². The smallest absolute Gasteiger partial charge is 0.337 e. The van der Waals surface area contributed by atoms with Crippen molar-refractivity contribution < 1.29 is 19.1 Å². The normalized spacial score (nSPS) is 10.9. The van der Waals surface area contributed by atoms with Crippen molar-refractivity contribution in [3.63, 3.8) is 0 Å². The maximum Gasteiger partial charge on any atom is 0.337 e. The van der Waals surface area contributed by atoms with E-state index in [0.29, 0.717) is 39.3 Å². The second-order valence-electron chi connectivity index (χ2n) is 8.51. The van der Waals surface area contributed by atoms with Crippen LogP contribution in [0.15, 0.2) is 91.3 Å². The van der Waals surface area contributed by atoms with E-state index >= 15 is 0 Å². The van der Waals surface area contributed by atoms with E-state index in [2.05, 4.69) is 25.8 Å². The van der Waals surface area contributed by atoms with Gasteiger partial charge in [-0.05, 0) is 72.8 Å². The van der Waals surface area contributed by atoms with Gasteiger partial charge in [-0.15, -0.1) is 0 Å². The molecule has 9 nitrogen and oxygen atoms in total. The summed E-state index contributed by atoms with van der Waals surface area (Å²) in [6.45, 7) is 0. The fourth-order valence-electron chi connectivity index (χ4n) is 3.92. The van der Waals surface area contributed by atoms with E-state index < -0.39 is 5.97 Å². The van der Waals surface area contributed by atoms with Crippen molar-refractivity contribution in [1.82, 2.24) is 15.2 Å². The summed E-state index contributed by atoms with van der Waals surface area (Å²) in [7, 11) is 1.30. The summed E-state index contributed by atoms with van der Waals surface area (Å²) in [5.41, 5.74) is 4.65. The lowest BCUT2D eigenvalue weighted by molar-refractivity contribution is 0.0600. The molecule has 5 rings (SSSR count). The van der Waals surface area contributed by atoms with Crippen molar-refractivity contribution in [3.05, 3.63) is 119 Å². The summed E-state index contributed by atoms with van der Waals surface area (Å²) < 4.78 is 4.69. The molecule has 0 aliphatic heterocycles. The zero-order valence-corrected chi connectivity index (χ0v) is 20.8. The number of ether oxygens (including phenoxy) is 1. The number of fused-ring (bicyclic) bond motifs is 1. The lowest BCUT2D eigenvalue weighted by Gasteiger charge is -2.08. The second-order valence-corrected chi connectivity index (χ2v) is 8.51. The van der Waals surface area contributed by atoms with Crippen LogP contribution in [0.4, 0.5) is 11.4 Å². The highest BCUT2D eigenvalue weighted by Crippen LogP contribution is 2.24. The van der Waals surface area contributed by atoms with E-state index in [1.807, 2.05) is 42.5 Å². The van der Waals surface area contributed by atoms with Crippen molar-refractivity contribution in [2.45, 2.75) is 0 Å². The summed E-state index contributed by atoms with van der Waals surface area (Å²) >= 11 is 0. The van der Waals surface area contributed by atoms with Gasteiger partial charge in [-0.1, -0.05) is 18.2 Å². The molecule has 192 valence electrons. The SMILES string of the molecule is COC(=O)c1ccc(C(=O)Nc2ccc3[nH]nc(/C=C/c4cnccc4NC(=O)c4ccccc4)c3c2)cc1. The number of esters is 1. The first-order valence-electron chi connectivity index (χ1n) is 12.0. The zero-order chi connectivity index (χ0) is 27.2. The Hall–Kier alpha value is -5.57. The maximum absolute atomic E-state index is 12.8. The minimum atomic E-state index is -0.468. The fourth-order valence-corrected chi connectivity index (χ4v) is 3.92. The van der Waals surface area contributed by atoms with Gasteiger partial charge >= 0.3 is 5.97 Å². The topological polar surface area (TPSA) is 126 Å². The Kier molecular flexibility index (Phi) is 7.22. The maximum atomic E-state index is 12.8. The first-order valence-corrected chi connectivity index (χ1v) is 12.0. The number of carbonyl (C=O) groups excluding carboxylic acids is 3. The Morgan fingerprint density at radius 2 is 1.54 bits per heavy atom. The molecule has 0 fully saturated rings. The van der Waals surface area contributed by atoms with E-state index in [1.54, 1.807) is 48.8 Å². The average Bonchev–Trinajstić information content (AvgIpc) is 3.39. The van der Waals surface area contributed by atoms with Crippen molar-refractivity contribution in [2.75, 3.05) is 17.7 Å². The van der Waals surface area contributed by atoms with Crippen molar-refractivity contribution in [2.24, 2.45) is 0 Å². The average molecular weight is 518 g/mol. The molecule has 39 heavy (non-hydrogen) atoms. The van der Waals surface area contributed by atoms with Gasteiger partial charge in [0.2, 0.25) is 0 Å². The van der Waals surface area contributed by atoms with Crippen molar-refractivity contribution in [3.8, 4) is 0 Å². The molecule has 5 aromatic rings. The van der Waals surface area contributed by atoms with Gasteiger partial charge in [0.25, 0.3) is 11.8 Å². The fraction of sp³-hybridized carbons (Fsp3) is 0.0333. The highest BCUT2D eigenvalue weighted by Gasteiger charge is 2.12. The summed E-state index contributed by atoms with van der Waals surface area (Å²) in [6, 6.07) is 22.3. The number of nitrogens with one attached hydrogen (secondary N) is 3. The number of benzene rings is 3. The summed E-state index contributed by atoms with van der Waals surface area (Å²) in [4.78, 5) is 41.2. The lowest BCUT2D eigenvalue weighted by Crippen LogP contribution is -2.12. The molecule has 0 aliphatic carbocycles. The van der Waals surface area contributed by atoms with Gasteiger partial charge in [-0.2, -0.15) is 5.10 Å². The molecule has 0 radical (unpaired) electrons. The first-order chi connectivity index (χ1) is 19.0. The van der Waals surface area contributed by atoms with Crippen LogP contribution < -0.4 is 10.6 Å². The van der Waals surface area contributed by atoms with Crippen LogP contribution >= 0.6 is 0 Å². The highest BCUT2D eigenvalue weighted by molar-refractivity contribution is 6.07. The minimum Gasteiger partial charge on any atom is -0.465 e. The Labute approximate surface area is 223 Å². The number of amides is 2. The molecule has 3 N–H and O–H groups in total. The van der Waals surface area contributed by atoms with Crippen molar-refractivity contribution in [1.29, 1.82) is 0 Å². The molecule has 0 bridgehead atoms. The van der Waals surface area contributed by atoms with E-state index in [1.165, 1.54) is 19.2 Å². The number of rotatable bonds is 7. The van der Waals surface area contributed by atoms with Crippen LogP contribution in [0.2, 0.25) is 0 Å². The van der Waals surface area contributed by atoms with E-state index in [-0.39, 0.29) is 11.8 Å². The molecule has 3 aromatic carbocycles. The molecule has 0 saturated carbocycles. The molecule has 2 heterocycles. The van der Waals surface area contributed by atoms with Gasteiger partial charge in [0, 0.05) is 40.2 Å². The number of H-pyrrole nitrogens is 1. The Morgan fingerprint density at radius 3 is 2.31 bits per heavy atom. The van der Waals surface area contributed by atoms with Crippen LogP contribution in [0.5, 0.6) is 0 Å². The highest BCUT2D eigenvalue weighted by atomic mass is 16.5. The number of carbonyl (C=O) groups is 3.